The average Bonchev–Trinajstić information content (AvgIpc) is 2.30. The van der Waals surface area contributed by atoms with Gasteiger partial charge in [0.15, 0.2) is 0 Å². The Hall–Kier alpha value is -0.970. The lowest BCUT2D eigenvalue weighted by atomic mass is 10.0. The van der Waals surface area contributed by atoms with Crippen LogP contribution in [-0.2, 0) is 9.47 Å². The molecule has 0 amide bonds. The molecule has 1 aliphatic heterocycles. The molecule has 1 saturated heterocycles. The molecule has 0 saturated carbocycles. The lowest BCUT2D eigenvalue weighted by Gasteiger charge is -2.28. The Morgan fingerprint density at radius 1 is 1.33 bits per heavy atom. The molecular formula is C11H14FNO2. The smallest absolute Gasteiger partial charge is 0.128 e. The van der Waals surface area contributed by atoms with Crippen molar-refractivity contribution in [1.82, 2.24) is 0 Å². The zero-order chi connectivity index (χ0) is 10.7. The first-order chi connectivity index (χ1) is 7.29. The van der Waals surface area contributed by atoms with Gasteiger partial charge in [0.25, 0.3) is 0 Å². The van der Waals surface area contributed by atoms with Crippen molar-refractivity contribution in [2.24, 2.45) is 5.73 Å². The zero-order valence-electron chi connectivity index (χ0n) is 8.36. The van der Waals surface area contributed by atoms with Crippen molar-refractivity contribution in [2.45, 2.75) is 12.1 Å². The predicted molar refractivity (Wildman–Crippen MR) is 53.9 cm³/mol. The highest BCUT2D eigenvalue weighted by molar-refractivity contribution is 5.22. The van der Waals surface area contributed by atoms with Crippen molar-refractivity contribution < 1.29 is 13.9 Å². The van der Waals surface area contributed by atoms with E-state index in [9.17, 15) is 4.39 Å². The van der Waals surface area contributed by atoms with E-state index in [1.165, 1.54) is 6.07 Å². The maximum Gasteiger partial charge on any atom is 0.128 e. The molecule has 4 heteroatoms. The highest BCUT2D eigenvalue weighted by atomic mass is 19.1. The molecule has 2 N–H and O–H groups in total. The molecule has 1 fully saturated rings. The van der Waals surface area contributed by atoms with Gasteiger partial charge in [0.1, 0.15) is 11.9 Å². The molecule has 3 nitrogen and oxygen atoms in total. The van der Waals surface area contributed by atoms with Crippen LogP contribution in [0.5, 0.6) is 0 Å². The van der Waals surface area contributed by atoms with Gasteiger partial charge in [-0.05, 0) is 6.07 Å². The minimum Gasteiger partial charge on any atom is -0.376 e. The van der Waals surface area contributed by atoms with E-state index in [0.29, 0.717) is 25.4 Å². The average molecular weight is 211 g/mol. The second kappa shape index (κ2) is 4.70. The van der Waals surface area contributed by atoms with Gasteiger partial charge in [0.2, 0.25) is 0 Å². The number of hydrogen-bond donors (Lipinski definition) is 1. The Morgan fingerprint density at radius 2 is 2.13 bits per heavy atom. The van der Waals surface area contributed by atoms with Gasteiger partial charge in [-0.1, -0.05) is 18.2 Å². The number of hydrogen-bond acceptors (Lipinski definition) is 3. The first-order valence-electron chi connectivity index (χ1n) is 4.98. The molecule has 1 heterocycles. The topological polar surface area (TPSA) is 44.5 Å². The van der Waals surface area contributed by atoms with Crippen LogP contribution in [0, 0.1) is 5.82 Å². The third-order valence-corrected chi connectivity index (χ3v) is 2.51. The fraction of sp³-hybridized carbons (Fsp3) is 0.455. The van der Waals surface area contributed by atoms with Crippen molar-refractivity contribution >= 4 is 0 Å². The van der Waals surface area contributed by atoms with Crippen LogP contribution in [-0.4, -0.2) is 25.9 Å². The van der Waals surface area contributed by atoms with Crippen molar-refractivity contribution in [1.29, 1.82) is 0 Å². The molecule has 15 heavy (non-hydrogen) atoms. The number of rotatable bonds is 2. The Kier molecular flexibility index (Phi) is 3.30. The fourth-order valence-corrected chi connectivity index (χ4v) is 1.66. The van der Waals surface area contributed by atoms with Crippen molar-refractivity contribution in [2.75, 3.05) is 19.8 Å². The molecule has 0 spiro atoms. The van der Waals surface area contributed by atoms with E-state index < -0.39 is 6.04 Å². The standard InChI is InChI=1S/C11H14FNO2/c12-9-4-2-1-3-8(9)11(13)10-7-14-5-6-15-10/h1-4,10-11H,5-7,13H2. The van der Waals surface area contributed by atoms with Crippen molar-refractivity contribution in [3.63, 3.8) is 0 Å². The van der Waals surface area contributed by atoms with Crippen LogP contribution >= 0.6 is 0 Å². The van der Waals surface area contributed by atoms with Gasteiger partial charge < -0.3 is 15.2 Å². The Balaban J connectivity index is 2.12. The van der Waals surface area contributed by atoms with Crippen molar-refractivity contribution in [3.05, 3.63) is 35.6 Å². The van der Waals surface area contributed by atoms with Crippen LogP contribution in [0.1, 0.15) is 11.6 Å². The third-order valence-electron chi connectivity index (χ3n) is 2.51. The van der Waals surface area contributed by atoms with E-state index in [1.807, 2.05) is 0 Å². The first kappa shape index (κ1) is 10.5. The maximum atomic E-state index is 13.4. The second-order valence-corrected chi connectivity index (χ2v) is 3.53. The summed E-state index contributed by atoms with van der Waals surface area (Å²) in [6.45, 7) is 1.53. The largest absolute Gasteiger partial charge is 0.376 e. The maximum absolute atomic E-state index is 13.4. The van der Waals surface area contributed by atoms with E-state index in [2.05, 4.69) is 0 Å². The summed E-state index contributed by atoms with van der Waals surface area (Å²) in [6, 6.07) is 6.02. The molecule has 0 bridgehead atoms. The number of nitrogens with two attached hydrogens (primary N) is 1. The van der Waals surface area contributed by atoms with Gasteiger partial charge in [-0.15, -0.1) is 0 Å². The van der Waals surface area contributed by atoms with Crippen LogP contribution in [0.2, 0.25) is 0 Å². The lowest BCUT2D eigenvalue weighted by Crippen LogP contribution is -2.38. The summed E-state index contributed by atoms with van der Waals surface area (Å²) in [6.07, 6.45) is -0.254. The molecule has 0 aliphatic carbocycles. The number of benzene rings is 1. The monoisotopic (exact) mass is 211 g/mol. The number of ether oxygens (including phenoxy) is 2. The molecule has 0 radical (unpaired) electrons. The molecule has 1 aromatic rings. The molecule has 2 unspecified atom stereocenters. The summed E-state index contributed by atoms with van der Waals surface area (Å²) >= 11 is 0. The molecule has 1 aromatic carbocycles. The molecular weight excluding hydrogens is 197 g/mol. The molecule has 1 aliphatic rings. The minimum atomic E-state index is -0.466. The van der Waals surface area contributed by atoms with Gasteiger partial charge >= 0.3 is 0 Å². The summed E-state index contributed by atoms with van der Waals surface area (Å²) in [7, 11) is 0. The van der Waals surface area contributed by atoms with Crippen LogP contribution in [0.15, 0.2) is 24.3 Å². The van der Waals surface area contributed by atoms with Gasteiger partial charge in [0.05, 0.1) is 25.9 Å². The minimum absolute atomic E-state index is 0.254. The van der Waals surface area contributed by atoms with Gasteiger partial charge in [-0.2, -0.15) is 0 Å². The van der Waals surface area contributed by atoms with Crippen molar-refractivity contribution in [3.8, 4) is 0 Å². The summed E-state index contributed by atoms with van der Waals surface area (Å²) in [4.78, 5) is 0. The Morgan fingerprint density at radius 3 is 2.80 bits per heavy atom. The summed E-state index contributed by atoms with van der Waals surface area (Å²) in [5.74, 6) is -0.292. The van der Waals surface area contributed by atoms with E-state index >= 15 is 0 Å². The van der Waals surface area contributed by atoms with E-state index in [4.69, 9.17) is 15.2 Å². The van der Waals surface area contributed by atoms with Gasteiger partial charge in [0, 0.05) is 5.56 Å². The predicted octanol–water partition coefficient (Wildman–Crippen LogP) is 1.24. The molecule has 82 valence electrons. The van der Waals surface area contributed by atoms with Gasteiger partial charge in [-0.25, -0.2) is 4.39 Å². The highest BCUT2D eigenvalue weighted by Crippen LogP contribution is 2.21. The van der Waals surface area contributed by atoms with Gasteiger partial charge in [-0.3, -0.25) is 0 Å². The zero-order valence-corrected chi connectivity index (χ0v) is 8.36. The van der Waals surface area contributed by atoms with E-state index in [1.54, 1.807) is 18.2 Å². The summed E-state index contributed by atoms with van der Waals surface area (Å²) in [5, 5.41) is 0. The highest BCUT2D eigenvalue weighted by Gasteiger charge is 2.25. The summed E-state index contributed by atoms with van der Waals surface area (Å²) < 4.78 is 24.1. The van der Waals surface area contributed by atoms with E-state index in [0.717, 1.165) is 0 Å². The van der Waals surface area contributed by atoms with Crippen LogP contribution in [0.3, 0.4) is 0 Å². The lowest BCUT2D eigenvalue weighted by molar-refractivity contribution is -0.0978. The fourth-order valence-electron chi connectivity index (χ4n) is 1.66. The SMILES string of the molecule is NC(c1ccccc1F)C1COCCO1. The molecule has 0 aromatic heterocycles. The Bertz CT molecular complexity index is 326. The number of halogens is 1. The third kappa shape index (κ3) is 2.34. The summed E-state index contributed by atoms with van der Waals surface area (Å²) in [5.41, 5.74) is 6.41. The second-order valence-electron chi connectivity index (χ2n) is 3.53. The van der Waals surface area contributed by atoms with Crippen LogP contribution in [0.4, 0.5) is 4.39 Å². The van der Waals surface area contributed by atoms with E-state index in [-0.39, 0.29) is 11.9 Å². The Labute approximate surface area is 88.0 Å². The normalized spacial score (nSPS) is 23.7. The quantitative estimate of drug-likeness (QED) is 0.800. The van der Waals surface area contributed by atoms with Crippen LogP contribution < -0.4 is 5.73 Å². The molecule has 2 rings (SSSR count). The first-order valence-corrected chi connectivity index (χ1v) is 4.98. The van der Waals surface area contributed by atoms with Crippen LogP contribution in [0.25, 0.3) is 0 Å². The molecule has 2 atom stereocenters.